The molecule has 0 aromatic carbocycles. The molecule has 0 bridgehead atoms. The Hall–Kier alpha value is -0.330. The van der Waals surface area contributed by atoms with Gasteiger partial charge < -0.3 is 10.4 Å². The van der Waals surface area contributed by atoms with E-state index in [1.165, 1.54) is 0 Å². The number of aliphatic hydroxyl groups is 1. The highest BCUT2D eigenvalue weighted by Crippen LogP contribution is 2.14. The monoisotopic (exact) mass is 201 g/mol. The van der Waals surface area contributed by atoms with Gasteiger partial charge in [-0.3, -0.25) is 4.74 Å². The lowest BCUT2D eigenvalue weighted by molar-refractivity contribution is -0.323. The fourth-order valence-electron chi connectivity index (χ4n) is 0.726. The van der Waals surface area contributed by atoms with Gasteiger partial charge in [0.15, 0.2) is 0 Å². The number of halogens is 3. The van der Waals surface area contributed by atoms with Gasteiger partial charge >= 0.3 is 6.36 Å². The van der Waals surface area contributed by atoms with E-state index >= 15 is 0 Å². The molecule has 0 radical (unpaired) electrons. The van der Waals surface area contributed by atoms with Gasteiger partial charge in [0.2, 0.25) is 0 Å². The zero-order valence-electron chi connectivity index (χ0n) is 7.23. The van der Waals surface area contributed by atoms with Gasteiger partial charge in [0, 0.05) is 13.2 Å². The van der Waals surface area contributed by atoms with Gasteiger partial charge in [-0.25, -0.2) is 0 Å². The van der Waals surface area contributed by atoms with Crippen LogP contribution in [-0.4, -0.2) is 37.8 Å². The molecule has 0 fully saturated rings. The third kappa shape index (κ3) is 11.7. The fourth-order valence-corrected chi connectivity index (χ4v) is 0.726. The smallest absolute Gasteiger partial charge is 0.396 e. The summed E-state index contributed by atoms with van der Waals surface area (Å²) in [6.45, 7) is 0.510. The molecule has 0 saturated carbocycles. The molecule has 3 nitrogen and oxygen atoms in total. The molecule has 80 valence electrons. The molecule has 0 rings (SSSR count). The lowest BCUT2D eigenvalue weighted by Gasteiger charge is -2.07. The summed E-state index contributed by atoms with van der Waals surface area (Å²) < 4.78 is 37.7. The molecule has 0 aliphatic heterocycles. The van der Waals surface area contributed by atoms with E-state index < -0.39 is 6.36 Å². The third-order valence-electron chi connectivity index (χ3n) is 1.31. The van der Waals surface area contributed by atoms with E-state index in [2.05, 4.69) is 10.1 Å². The number of alkyl halides is 3. The Bertz CT molecular complexity index is 119. The first-order valence-electron chi connectivity index (χ1n) is 4.08. The van der Waals surface area contributed by atoms with Crippen molar-refractivity contribution in [2.75, 3.05) is 26.3 Å². The van der Waals surface area contributed by atoms with Crippen molar-refractivity contribution in [3.63, 3.8) is 0 Å². The Labute approximate surface area is 74.9 Å². The van der Waals surface area contributed by atoms with Crippen LogP contribution in [0.4, 0.5) is 13.2 Å². The number of hydrogen-bond donors (Lipinski definition) is 2. The van der Waals surface area contributed by atoms with Crippen molar-refractivity contribution in [2.45, 2.75) is 19.2 Å². The van der Waals surface area contributed by atoms with Gasteiger partial charge in [-0.15, -0.1) is 13.2 Å². The van der Waals surface area contributed by atoms with Crippen molar-refractivity contribution in [1.82, 2.24) is 5.32 Å². The maximum atomic E-state index is 11.4. The summed E-state index contributed by atoms with van der Waals surface area (Å²) >= 11 is 0. The van der Waals surface area contributed by atoms with Gasteiger partial charge in [-0.1, -0.05) is 0 Å². The van der Waals surface area contributed by atoms with Crippen molar-refractivity contribution in [2.24, 2.45) is 0 Å². The van der Waals surface area contributed by atoms with E-state index in [4.69, 9.17) is 5.11 Å². The van der Waals surface area contributed by atoms with E-state index in [1.807, 2.05) is 0 Å². The van der Waals surface area contributed by atoms with Crippen LogP contribution >= 0.6 is 0 Å². The topological polar surface area (TPSA) is 41.5 Å². The first-order chi connectivity index (χ1) is 6.06. The molecule has 0 unspecified atom stereocenters. The van der Waals surface area contributed by atoms with Gasteiger partial charge in [0.05, 0.1) is 6.61 Å². The summed E-state index contributed by atoms with van der Waals surface area (Å²) in [5.74, 6) is 0. The fraction of sp³-hybridized carbons (Fsp3) is 1.00. The van der Waals surface area contributed by atoms with Crippen LogP contribution in [0.2, 0.25) is 0 Å². The Morgan fingerprint density at radius 2 is 1.85 bits per heavy atom. The highest BCUT2D eigenvalue weighted by Gasteiger charge is 2.28. The van der Waals surface area contributed by atoms with Crippen LogP contribution < -0.4 is 5.32 Å². The predicted octanol–water partition coefficient (Wildman–Crippen LogP) is 0.885. The number of unbranched alkanes of at least 4 members (excludes halogenated alkanes) is 1. The van der Waals surface area contributed by atoms with E-state index in [9.17, 15) is 13.2 Å². The number of rotatable bonds is 7. The minimum atomic E-state index is -4.53. The predicted molar refractivity (Wildman–Crippen MR) is 41.2 cm³/mol. The normalized spacial score (nSPS) is 12.0. The summed E-state index contributed by atoms with van der Waals surface area (Å²) in [6, 6.07) is 0. The molecule has 0 aliphatic rings. The Morgan fingerprint density at radius 3 is 2.38 bits per heavy atom. The maximum Gasteiger partial charge on any atom is 0.522 e. The molecular weight excluding hydrogens is 187 g/mol. The largest absolute Gasteiger partial charge is 0.522 e. The molecule has 0 atom stereocenters. The van der Waals surface area contributed by atoms with E-state index in [0.29, 0.717) is 13.0 Å². The van der Waals surface area contributed by atoms with Gasteiger partial charge in [0.1, 0.15) is 0 Å². The lowest BCUT2D eigenvalue weighted by atomic mass is 10.3. The second-order valence-electron chi connectivity index (χ2n) is 2.47. The molecule has 0 aromatic heterocycles. The minimum Gasteiger partial charge on any atom is -0.396 e. The molecule has 0 aliphatic carbocycles. The molecular formula is C7H14F3NO2. The molecule has 0 heterocycles. The van der Waals surface area contributed by atoms with Crippen LogP contribution in [-0.2, 0) is 4.74 Å². The van der Waals surface area contributed by atoms with Crippen molar-refractivity contribution in [3.05, 3.63) is 0 Å². The summed E-state index contributed by atoms with van der Waals surface area (Å²) in [5, 5.41) is 11.1. The van der Waals surface area contributed by atoms with E-state index in [0.717, 1.165) is 6.42 Å². The summed E-state index contributed by atoms with van der Waals surface area (Å²) in [7, 11) is 0. The molecule has 0 spiro atoms. The van der Waals surface area contributed by atoms with Crippen LogP contribution in [0.3, 0.4) is 0 Å². The average molecular weight is 201 g/mol. The van der Waals surface area contributed by atoms with Crippen molar-refractivity contribution in [1.29, 1.82) is 0 Å². The first-order valence-corrected chi connectivity index (χ1v) is 4.08. The number of ether oxygens (including phenoxy) is 1. The van der Waals surface area contributed by atoms with Gasteiger partial charge in [0.25, 0.3) is 0 Å². The van der Waals surface area contributed by atoms with Gasteiger partial charge in [-0.05, 0) is 19.4 Å². The summed E-state index contributed by atoms with van der Waals surface area (Å²) in [4.78, 5) is 0. The van der Waals surface area contributed by atoms with E-state index in [1.54, 1.807) is 0 Å². The van der Waals surface area contributed by atoms with Crippen molar-refractivity contribution in [3.8, 4) is 0 Å². The number of nitrogens with one attached hydrogen (secondary N) is 1. The second-order valence-corrected chi connectivity index (χ2v) is 2.47. The standard InChI is InChI=1S/C7H14F3NO2/c8-7(9,10)13-6-4-11-3-1-2-5-12/h11-12H,1-6H2. The van der Waals surface area contributed by atoms with Crippen LogP contribution in [0.15, 0.2) is 0 Å². The molecule has 0 saturated heterocycles. The molecule has 6 heteroatoms. The highest BCUT2D eigenvalue weighted by atomic mass is 19.4. The summed E-state index contributed by atoms with van der Waals surface area (Å²) in [5.41, 5.74) is 0. The maximum absolute atomic E-state index is 11.4. The number of hydrogen-bond acceptors (Lipinski definition) is 3. The van der Waals surface area contributed by atoms with Crippen LogP contribution in [0.5, 0.6) is 0 Å². The first kappa shape index (κ1) is 12.7. The van der Waals surface area contributed by atoms with Crippen LogP contribution in [0.1, 0.15) is 12.8 Å². The third-order valence-corrected chi connectivity index (χ3v) is 1.31. The van der Waals surface area contributed by atoms with Gasteiger partial charge in [-0.2, -0.15) is 0 Å². The number of aliphatic hydroxyl groups excluding tert-OH is 1. The minimum absolute atomic E-state index is 0.112. The second kappa shape index (κ2) is 7.11. The quantitative estimate of drug-likeness (QED) is 0.601. The molecule has 13 heavy (non-hydrogen) atoms. The highest BCUT2D eigenvalue weighted by molar-refractivity contribution is 4.47. The Balaban J connectivity index is 3.00. The summed E-state index contributed by atoms with van der Waals surface area (Å²) in [6.07, 6.45) is -3.12. The van der Waals surface area contributed by atoms with Crippen LogP contribution in [0.25, 0.3) is 0 Å². The van der Waals surface area contributed by atoms with Crippen LogP contribution in [0, 0.1) is 0 Å². The van der Waals surface area contributed by atoms with E-state index in [-0.39, 0.29) is 19.8 Å². The molecule has 0 aromatic rings. The lowest BCUT2D eigenvalue weighted by Crippen LogP contribution is -2.25. The average Bonchev–Trinajstić information content (AvgIpc) is 2.01. The Morgan fingerprint density at radius 1 is 1.15 bits per heavy atom. The molecule has 2 N–H and O–H groups in total. The SMILES string of the molecule is OCCCCNCCOC(F)(F)F. The molecule has 0 amide bonds. The zero-order valence-corrected chi connectivity index (χ0v) is 7.23. The Kier molecular flexibility index (Phi) is 6.93. The van der Waals surface area contributed by atoms with Crippen molar-refractivity contribution >= 4 is 0 Å². The zero-order chi connectivity index (χ0) is 10.2. The van der Waals surface area contributed by atoms with Crippen molar-refractivity contribution < 1.29 is 23.0 Å².